The number of nitrogens with one attached hydrogen (secondary N) is 2. The van der Waals surface area contributed by atoms with Gasteiger partial charge in [0.2, 0.25) is 5.91 Å². The van der Waals surface area contributed by atoms with Gasteiger partial charge < -0.3 is 19.7 Å². The molecule has 8 heteroatoms. The van der Waals surface area contributed by atoms with Gasteiger partial charge in [0.05, 0.1) is 36.8 Å². The first-order valence-electron chi connectivity index (χ1n) is 6.86. The zero-order valence-electron chi connectivity index (χ0n) is 11.8. The molecule has 1 unspecified atom stereocenters. The summed E-state index contributed by atoms with van der Waals surface area (Å²) in [5.41, 5.74) is 1.40. The molecule has 8 nitrogen and oxygen atoms in total. The zero-order valence-corrected chi connectivity index (χ0v) is 11.8. The molecule has 2 aliphatic rings. The van der Waals surface area contributed by atoms with Gasteiger partial charge in [-0.15, -0.1) is 0 Å². The first kappa shape index (κ1) is 14.0. The molecule has 0 radical (unpaired) electrons. The topological polar surface area (TPSA) is 108 Å². The Labute approximate surface area is 121 Å². The van der Waals surface area contributed by atoms with Gasteiger partial charge in [-0.1, -0.05) is 0 Å². The lowest BCUT2D eigenvalue weighted by Gasteiger charge is -2.48. The Kier molecular flexibility index (Phi) is 3.42. The number of rotatable bonds is 4. The van der Waals surface area contributed by atoms with E-state index in [1.54, 1.807) is 11.2 Å². The lowest BCUT2D eigenvalue weighted by atomic mass is 9.94. The maximum atomic E-state index is 12.4. The van der Waals surface area contributed by atoms with E-state index in [9.17, 15) is 9.59 Å². The number of carboxylic acids is 1. The minimum atomic E-state index is -0.999. The number of nitrogens with zero attached hydrogens (tertiary/aromatic N) is 2. The van der Waals surface area contributed by atoms with Crippen molar-refractivity contribution in [1.29, 1.82) is 0 Å². The van der Waals surface area contributed by atoms with Gasteiger partial charge in [0.25, 0.3) is 0 Å². The number of amides is 1. The summed E-state index contributed by atoms with van der Waals surface area (Å²) in [6.45, 7) is 2.93. The fraction of sp³-hybridized carbons (Fsp3) is 0.615. The second-order valence-corrected chi connectivity index (χ2v) is 5.79. The molecule has 21 heavy (non-hydrogen) atoms. The summed E-state index contributed by atoms with van der Waals surface area (Å²) >= 11 is 0. The second-order valence-electron chi connectivity index (χ2n) is 5.79. The fourth-order valence-electron chi connectivity index (χ4n) is 2.81. The highest BCUT2D eigenvalue weighted by Gasteiger charge is 2.44. The highest BCUT2D eigenvalue weighted by molar-refractivity contribution is 5.83. The lowest BCUT2D eigenvalue weighted by molar-refractivity contribution is -0.174. The first-order valence-corrected chi connectivity index (χ1v) is 6.86. The summed E-state index contributed by atoms with van der Waals surface area (Å²) < 4.78 is 5.31. The van der Waals surface area contributed by atoms with Crippen molar-refractivity contribution in [1.82, 2.24) is 20.2 Å². The number of likely N-dealkylation sites (tertiary alicyclic amines) is 1. The normalized spacial score (nSPS) is 23.3. The number of hydrogen-bond acceptors (Lipinski definition) is 5. The molecule has 114 valence electrons. The number of hydrogen-bond donors (Lipinski definition) is 3. The van der Waals surface area contributed by atoms with Crippen molar-refractivity contribution < 1.29 is 19.4 Å². The maximum Gasteiger partial charge on any atom is 0.329 e. The van der Waals surface area contributed by atoms with Crippen molar-refractivity contribution in [3.8, 4) is 0 Å². The summed E-state index contributed by atoms with van der Waals surface area (Å²) in [6, 6.07) is -0.273. The van der Waals surface area contributed by atoms with Crippen LogP contribution in [0, 0.1) is 0 Å². The molecular formula is C13H18N4O4. The summed E-state index contributed by atoms with van der Waals surface area (Å²) in [4.78, 5) is 31.9. The van der Waals surface area contributed by atoms with E-state index in [1.807, 2.05) is 6.92 Å². The van der Waals surface area contributed by atoms with E-state index in [-0.39, 0.29) is 18.6 Å². The predicted octanol–water partition coefficient (Wildman–Crippen LogP) is -0.874. The van der Waals surface area contributed by atoms with Crippen LogP contribution in [0.15, 0.2) is 6.33 Å². The molecule has 1 atom stereocenters. The lowest BCUT2D eigenvalue weighted by Crippen LogP contribution is -2.66. The molecule has 1 aromatic heterocycles. The van der Waals surface area contributed by atoms with Crippen molar-refractivity contribution in [2.75, 3.05) is 19.7 Å². The van der Waals surface area contributed by atoms with Gasteiger partial charge in [-0.3, -0.25) is 10.1 Å². The Bertz CT molecular complexity index is 564. The molecule has 0 saturated carbocycles. The van der Waals surface area contributed by atoms with Crippen molar-refractivity contribution >= 4 is 11.9 Å². The molecular weight excluding hydrogens is 276 g/mol. The number of carbonyl (C=O) groups is 2. The SMILES string of the molecule is CC1(OCC(=O)O)CN(C(=O)C2Cc3nc[nH]c3CN2)C1. The highest BCUT2D eigenvalue weighted by Crippen LogP contribution is 2.26. The van der Waals surface area contributed by atoms with Crippen LogP contribution in [-0.4, -0.2) is 63.2 Å². The third-order valence-electron chi connectivity index (χ3n) is 3.93. The number of carbonyl (C=O) groups excluding carboxylic acids is 1. The quantitative estimate of drug-likeness (QED) is 0.666. The minimum absolute atomic E-state index is 0.0139. The van der Waals surface area contributed by atoms with Gasteiger partial charge >= 0.3 is 5.97 Å². The van der Waals surface area contributed by atoms with Gasteiger partial charge in [0.1, 0.15) is 12.2 Å². The van der Waals surface area contributed by atoms with Gasteiger partial charge in [0, 0.05) is 13.0 Å². The summed E-state index contributed by atoms with van der Waals surface area (Å²) in [7, 11) is 0. The molecule has 1 saturated heterocycles. The summed E-state index contributed by atoms with van der Waals surface area (Å²) in [5.74, 6) is -0.985. The zero-order chi connectivity index (χ0) is 15.0. The molecule has 0 spiro atoms. The molecule has 1 aromatic rings. The molecule has 1 amide bonds. The smallest absolute Gasteiger partial charge is 0.329 e. The monoisotopic (exact) mass is 294 g/mol. The van der Waals surface area contributed by atoms with Crippen LogP contribution >= 0.6 is 0 Å². The highest BCUT2D eigenvalue weighted by atomic mass is 16.5. The number of aromatic nitrogens is 2. The minimum Gasteiger partial charge on any atom is -0.480 e. The van der Waals surface area contributed by atoms with E-state index in [2.05, 4.69) is 15.3 Å². The number of carboxylic acid groups (broad SMARTS) is 1. The second kappa shape index (κ2) is 5.12. The summed E-state index contributed by atoms with van der Waals surface area (Å²) in [6.07, 6.45) is 2.21. The number of fused-ring (bicyclic) bond motifs is 1. The molecule has 0 aliphatic carbocycles. The van der Waals surface area contributed by atoms with Crippen molar-refractivity contribution in [2.24, 2.45) is 0 Å². The average Bonchev–Trinajstić information content (AvgIpc) is 2.88. The molecule has 3 heterocycles. The third kappa shape index (κ3) is 2.77. The summed E-state index contributed by atoms with van der Waals surface area (Å²) in [5, 5.41) is 11.8. The molecule has 0 bridgehead atoms. The predicted molar refractivity (Wildman–Crippen MR) is 71.5 cm³/mol. The van der Waals surface area contributed by atoms with Crippen molar-refractivity contribution in [3.05, 3.63) is 17.7 Å². The van der Waals surface area contributed by atoms with Gasteiger partial charge in [0.15, 0.2) is 0 Å². The van der Waals surface area contributed by atoms with E-state index in [0.717, 1.165) is 11.4 Å². The molecule has 2 aliphatic heterocycles. The van der Waals surface area contributed by atoms with Crippen LogP contribution in [0.3, 0.4) is 0 Å². The van der Waals surface area contributed by atoms with E-state index >= 15 is 0 Å². The van der Waals surface area contributed by atoms with Crippen LogP contribution < -0.4 is 5.32 Å². The van der Waals surface area contributed by atoms with Gasteiger partial charge in [-0.05, 0) is 6.92 Å². The van der Waals surface area contributed by atoms with E-state index in [4.69, 9.17) is 9.84 Å². The van der Waals surface area contributed by atoms with Crippen LogP contribution in [0.4, 0.5) is 0 Å². The van der Waals surface area contributed by atoms with Gasteiger partial charge in [-0.2, -0.15) is 0 Å². The van der Waals surface area contributed by atoms with Crippen molar-refractivity contribution in [3.63, 3.8) is 0 Å². The Morgan fingerprint density at radius 1 is 1.57 bits per heavy atom. The van der Waals surface area contributed by atoms with Crippen LogP contribution in [-0.2, 0) is 27.3 Å². The number of imidazole rings is 1. The number of ether oxygens (including phenoxy) is 1. The largest absolute Gasteiger partial charge is 0.480 e. The molecule has 3 N–H and O–H groups in total. The van der Waals surface area contributed by atoms with Crippen molar-refractivity contribution in [2.45, 2.75) is 31.5 Å². The number of aromatic amines is 1. The Morgan fingerprint density at radius 3 is 3.05 bits per heavy atom. The fourth-order valence-corrected chi connectivity index (χ4v) is 2.81. The van der Waals surface area contributed by atoms with E-state index in [0.29, 0.717) is 26.1 Å². The van der Waals surface area contributed by atoms with Crippen LogP contribution in [0.5, 0.6) is 0 Å². The number of H-pyrrole nitrogens is 1. The van der Waals surface area contributed by atoms with Crippen LogP contribution in [0.25, 0.3) is 0 Å². The average molecular weight is 294 g/mol. The maximum absolute atomic E-state index is 12.4. The first-order chi connectivity index (χ1) is 9.97. The number of aliphatic carboxylic acids is 1. The van der Waals surface area contributed by atoms with E-state index < -0.39 is 11.6 Å². The van der Waals surface area contributed by atoms with E-state index in [1.165, 1.54) is 0 Å². The van der Waals surface area contributed by atoms with Crippen LogP contribution in [0.2, 0.25) is 0 Å². The molecule has 0 aromatic carbocycles. The molecule has 3 rings (SSSR count). The Morgan fingerprint density at radius 2 is 2.33 bits per heavy atom. The molecule has 1 fully saturated rings. The van der Waals surface area contributed by atoms with Gasteiger partial charge in [-0.25, -0.2) is 9.78 Å². The third-order valence-corrected chi connectivity index (χ3v) is 3.93. The standard InChI is InChI=1S/C13H18N4O4/c1-13(21-4-11(18)19)5-17(6-13)12(20)9-2-8-10(3-14-9)16-7-15-8/h7,9,14H,2-6H2,1H3,(H,15,16)(H,18,19). The Hall–Kier alpha value is -1.93. The Balaban J connectivity index is 1.53. The van der Waals surface area contributed by atoms with Crippen LogP contribution in [0.1, 0.15) is 18.3 Å².